The van der Waals surface area contributed by atoms with E-state index in [1.165, 1.54) is 11.0 Å². The summed E-state index contributed by atoms with van der Waals surface area (Å²) in [6, 6.07) is 3.34. The van der Waals surface area contributed by atoms with Crippen LogP contribution in [0, 0.1) is 23.0 Å². The van der Waals surface area contributed by atoms with Gasteiger partial charge in [0.2, 0.25) is 0 Å². The minimum atomic E-state index is -2.81. The lowest BCUT2D eigenvalue weighted by Crippen LogP contribution is -2.49. The molecule has 16 heteroatoms. The fraction of sp³-hybridized carbons (Fsp3) is 0.485. The van der Waals surface area contributed by atoms with Crippen LogP contribution in [0.3, 0.4) is 0 Å². The van der Waals surface area contributed by atoms with Gasteiger partial charge in [-0.05, 0) is 43.9 Å². The van der Waals surface area contributed by atoms with Crippen molar-refractivity contribution in [2.24, 2.45) is 0 Å². The highest BCUT2D eigenvalue weighted by Crippen LogP contribution is 2.51. The first kappa shape index (κ1) is 32.5. The maximum atomic E-state index is 17.2. The van der Waals surface area contributed by atoms with Crippen molar-refractivity contribution in [3.63, 3.8) is 0 Å². The molecule has 0 saturated carbocycles. The number of halogens is 6. The third-order valence-electron chi connectivity index (χ3n) is 10.2. The average molecular weight is 721 g/mol. The highest BCUT2D eigenvalue weighted by Gasteiger charge is 2.49. The molecule has 0 radical (unpaired) electrons. The minimum absolute atomic E-state index is 0.00605. The number of hydrogen-bond acceptors (Lipinski definition) is 10. The van der Waals surface area contributed by atoms with E-state index in [-0.39, 0.29) is 91.5 Å². The number of ether oxygens (including phenoxy) is 3. The first-order chi connectivity index (χ1) is 23.6. The van der Waals surface area contributed by atoms with Crippen molar-refractivity contribution in [1.82, 2.24) is 14.9 Å². The van der Waals surface area contributed by atoms with Gasteiger partial charge < -0.3 is 24.8 Å². The van der Waals surface area contributed by atoms with Crippen LogP contribution in [0.25, 0.3) is 32.1 Å². The number of anilines is 2. The largest absolute Gasteiger partial charge is 0.489 e. The van der Waals surface area contributed by atoms with Gasteiger partial charge in [0.25, 0.3) is 6.43 Å². The fourth-order valence-electron chi connectivity index (χ4n) is 8.04. The lowest BCUT2D eigenvalue weighted by Gasteiger charge is -2.34. The quantitative estimate of drug-likeness (QED) is 0.205. The first-order valence-corrected chi connectivity index (χ1v) is 17.2. The smallest absolute Gasteiger partial charge is 0.319 e. The predicted molar refractivity (Wildman–Crippen MR) is 175 cm³/mol. The van der Waals surface area contributed by atoms with Crippen LogP contribution < -0.4 is 20.1 Å². The minimum Gasteiger partial charge on any atom is -0.489 e. The van der Waals surface area contributed by atoms with Crippen LogP contribution in [0.2, 0.25) is 5.02 Å². The molecule has 2 unspecified atom stereocenters. The molecule has 0 bridgehead atoms. The van der Waals surface area contributed by atoms with Crippen LogP contribution in [0.4, 0.5) is 32.8 Å². The van der Waals surface area contributed by atoms with E-state index < -0.39 is 48.5 Å². The maximum absolute atomic E-state index is 17.2. The Kier molecular flexibility index (Phi) is 8.13. The number of hydrogen-bond donors (Lipinski definition) is 1. The molecule has 258 valence electrons. The van der Waals surface area contributed by atoms with Crippen molar-refractivity contribution in [2.75, 3.05) is 50.1 Å². The normalized spacial score (nSPS) is 25.3. The van der Waals surface area contributed by atoms with Gasteiger partial charge in [0.15, 0.2) is 11.6 Å². The van der Waals surface area contributed by atoms with Gasteiger partial charge in [0.05, 0.1) is 44.9 Å². The third kappa shape index (κ3) is 5.21. The topological polar surface area (TPSA) is 110 Å². The molecule has 2 aromatic heterocycles. The second-order valence-corrected chi connectivity index (χ2v) is 14.4. The van der Waals surface area contributed by atoms with E-state index in [1.54, 1.807) is 0 Å². The van der Waals surface area contributed by atoms with Crippen LogP contribution in [-0.2, 0) is 4.74 Å². The number of nitrogen functional groups attached to an aromatic ring is 1. The van der Waals surface area contributed by atoms with E-state index in [4.69, 9.17) is 31.5 Å². The molecule has 49 heavy (non-hydrogen) atoms. The number of fused-ring (bicyclic) bond motifs is 2. The lowest BCUT2D eigenvalue weighted by atomic mass is 9.95. The van der Waals surface area contributed by atoms with Gasteiger partial charge >= 0.3 is 6.01 Å². The average Bonchev–Trinajstić information content (AvgIpc) is 3.84. The van der Waals surface area contributed by atoms with Crippen molar-refractivity contribution >= 4 is 54.7 Å². The molecule has 3 saturated heterocycles. The molecule has 4 atom stereocenters. The fourth-order valence-corrected chi connectivity index (χ4v) is 9.32. The summed E-state index contributed by atoms with van der Waals surface area (Å²) in [6.45, 7) is 0.488. The molecule has 8 rings (SSSR count). The van der Waals surface area contributed by atoms with E-state index in [0.29, 0.717) is 32.4 Å². The summed E-state index contributed by atoms with van der Waals surface area (Å²) in [7, 11) is 0. The van der Waals surface area contributed by atoms with Crippen LogP contribution in [-0.4, -0.2) is 84.6 Å². The lowest BCUT2D eigenvalue weighted by molar-refractivity contribution is 0.0644. The van der Waals surface area contributed by atoms with E-state index in [2.05, 4.69) is 9.97 Å². The monoisotopic (exact) mass is 720 g/mol. The molecule has 3 fully saturated rings. The summed E-state index contributed by atoms with van der Waals surface area (Å²) < 4.78 is 93.7. The highest BCUT2D eigenvalue weighted by atomic mass is 35.5. The van der Waals surface area contributed by atoms with E-state index >= 15 is 4.39 Å². The number of benzene rings is 2. The van der Waals surface area contributed by atoms with Crippen LogP contribution in [0.1, 0.15) is 37.7 Å². The third-order valence-corrected chi connectivity index (χ3v) is 11.6. The van der Waals surface area contributed by atoms with Crippen LogP contribution in [0.15, 0.2) is 12.1 Å². The highest BCUT2D eigenvalue weighted by molar-refractivity contribution is 7.23. The Labute approximate surface area is 286 Å². The van der Waals surface area contributed by atoms with Crippen molar-refractivity contribution in [2.45, 2.75) is 62.4 Å². The number of thiophene rings is 1. The number of nitrogens with zero attached hydrogens (tertiary/aromatic N) is 5. The summed E-state index contributed by atoms with van der Waals surface area (Å²) in [6.07, 6.45) is -1.27. The zero-order valence-corrected chi connectivity index (χ0v) is 27.5. The van der Waals surface area contributed by atoms with Crippen molar-refractivity contribution in [3.05, 3.63) is 34.4 Å². The molecule has 4 aliphatic heterocycles. The SMILES string of the molecule is N#Cc1c(N)sc2c(F)ccc(-c3c(Cl)c4c5c(nc(OC[C@@]67CCCN6C[C@H](F)C7)nc5c3F)N(CC(F)F)C(C3CCCO3)CO4)c12. The van der Waals surface area contributed by atoms with Gasteiger partial charge in [-0.25, -0.2) is 22.0 Å². The molecule has 4 aromatic rings. The molecular weight excluding hydrogens is 691 g/mol. The zero-order chi connectivity index (χ0) is 34.2. The van der Waals surface area contributed by atoms with E-state index in [9.17, 15) is 22.8 Å². The number of nitriles is 1. The van der Waals surface area contributed by atoms with Gasteiger partial charge in [-0.15, -0.1) is 11.3 Å². The standard InChI is InChI=1S/C33H30ClF5N6O3S/c34-25-23(16-4-5-18(36)29-22(16)17(10-40)30(41)49-29)26(39)27-24-28(25)47-13-19(20-3-1-8-46-20)45(12-21(37)38)31(24)43-32(42-27)48-14-33-6-2-7-44(33)11-15(35)9-33/h4-5,15,19-21H,1-3,6-9,11-14,41H2/t15-,19?,20?,33+/m1/s1. The molecule has 0 aliphatic carbocycles. The molecule has 6 heterocycles. The van der Waals surface area contributed by atoms with Gasteiger partial charge in [-0.1, -0.05) is 17.7 Å². The second kappa shape index (κ2) is 12.3. The Bertz CT molecular complexity index is 2020. The number of alkyl halides is 3. The van der Waals surface area contributed by atoms with Gasteiger partial charge in [-0.3, -0.25) is 4.90 Å². The molecule has 0 spiro atoms. The Balaban J connectivity index is 1.36. The molecule has 9 nitrogen and oxygen atoms in total. The van der Waals surface area contributed by atoms with Crippen LogP contribution >= 0.6 is 22.9 Å². The van der Waals surface area contributed by atoms with Crippen molar-refractivity contribution in [3.8, 4) is 29.0 Å². The summed E-state index contributed by atoms with van der Waals surface area (Å²) in [5.74, 6) is -1.78. The summed E-state index contributed by atoms with van der Waals surface area (Å²) in [5.41, 5.74) is 4.91. The number of rotatable bonds is 7. The predicted octanol–water partition coefficient (Wildman–Crippen LogP) is 6.86. The van der Waals surface area contributed by atoms with Crippen molar-refractivity contribution < 1.29 is 36.2 Å². The van der Waals surface area contributed by atoms with E-state index in [1.807, 2.05) is 11.0 Å². The van der Waals surface area contributed by atoms with Crippen LogP contribution in [0.5, 0.6) is 11.8 Å². The van der Waals surface area contributed by atoms with Gasteiger partial charge in [-0.2, -0.15) is 15.2 Å². The molecular formula is C33H30ClF5N6O3S. The second-order valence-electron chi connectivity index (χ2n) is 13.0. The molecule has 2 aromatic carbocycles. The van der Waals surface area contributed by atoms with Crippen molar-refractivity contribution in [1.29, 1.82) is 5.26 Å². The number of nitrogens with two attached hydrogens (primary N) is 1. The molecule has 4 aliphatic rings. The summed E-state index contributed by atoms with van der Waals surface area (Å²) in [4.78, 5) is 12.4. The Morgan fingerprint density at radius 1 is 1.22 bits per heavy atom. The Morgan fingerprint density at radius 3 is 2.82 bits per heavy atom. The summed E-state index contributed by atoms with van der Waals surface area (Å²) in [5, 5.41) is 9.74. The Hall–Kier alpha value is -3.71. The number of aromatic nitrogens is 2. The first-order valence-electron chi connectivity index (χ1n) is 16.0. The Morgan fingerprint density at radius 2 is 2.06 bits per heavy atom. The maximum Gasteiger partial charge on any atom is 0.319 e. The van der Waals surface area contributed by atoms with Gasteiger partial charge in [0, 0.05) is 30.5 Å². The summed E-state index contributed by atoms with van der Waals surface area (Å²) >= 11 is 7.82. The zero-order valence-electron chi connectivity index (χ0n) is 26.0. The van der Waals surface area contributed by atoms with Gasteiger partial charge in [0.1, 0.15) is 47.6 Å². The molecule has 2 N–H and O–H groups in total. The van der Waals surface area contributed by atoms with E-state index in [0.717, 1.165) is 23.8 Å². The molecule has 0 amide bonds.